The number of hydrogen-bond donors (Lipinski definition) is 0. The molecule has 0 amide bonds. The molecule has 0 aliphatic heterocycles. The molecule has 2 nitrogen and oxygen atoms in total. The van der Waals surface area contributed by atoms with Gasteiger partial charge >= 0.3 is 0 Å². The molecule has 5 heteroatoms. The first kappa shape index (κ1) is 16.3. The number of nitrogens with zero attached hydrogens (tertiary/aromatic N) is 2. The van der Waals surface area contributed by atoms with Gasteiger partial charge in [0.2, 0.25) is 0 Å². The van der Waals surface area contributed by atoms with Crippen LogP contribution < -0.4 is 0 Å². The highest BCUT2D eigenvalue weighted by molar-refractivity contribution is 7.98. The minimum absolute atomic E-state index is 0.442. The summed E-state index contributed by atoms with van der Waals surface area (Å²) in [5.74, 6) is 0.702. The van der Waals surface area contributed by atoms with E-state index >= 15 is 0 Å². The molecule has 0 unspecified atom stereocenters. The Hall–Kier alpha value is -1.55. The molecule has 0 radical (unpaired) electrons. The lowest BCUT2D eigenvalue weighted by molar-refractivity contribution is 0.972. The Labute approximate surface area is 149 Å². The van der Waals surface area contributed by atoms with E-state index in [2.05, 4.69) is 29.0 Å². The van der Waals surface area contributed by atoms with Crippen LogP contribution in [-0.2, 0) is 5.75 Å². The van der Waals surface area contributed by atoms with Crippen LogP contribution in [0.2, 0.25) is 10.2 Å². The molecule has 0 spiro atoms. The van der Waals surface area contributed by atoms with Crippen LogP contribution in [0.5, 0.6) is 0 Å². The summed E-state index contributed by atoms with van der Waals surface area (Å²) in [5.41, 5.74) is 4.12. The van der Waals surface area contributed by atoms with Gasteiger partial charge in [-0.25, -0.2) is 9.97 Å². The van der Waals surface area contributed by atoms with Crippen LogP contribution in [0.15, 0.2) is 59.8 Å². The predicted molar refractivity (Wildman–Crippen MR) is 98.2 cm³/mol. The van der Waals surface area contributed by atoms with Crippen molar-refractivity contribution in [2.24, 2.45) is 0 Å². The van der Waals surface area contributed by atoms with Crippen LogP contribution in [0.3, 0.4) is 0 Å². The zero-order chi connectivity index (χ0) is 16.2. The summed E-state index contributed by atoms with van der Waals surface area (Å²) in [4.78, 5) is 8.90. The monoisotopic (exact) mass is 360 g/mol. The molecule has 3 aromatic rings. The molecule has 23 heavy (non-hydrogen) atoms. The molecule has 0 N–H and O–H groups in total. The molecule has 0 fully saturated rings. The van der Waals surface area contributed by atoms with Crippen molar-refractivity contribution < 1.29 is 0 Å². The lowest BCUT2D eigenvalue weighted by Crippen LogP contribution is -1.92. The van der Waals surface area contributed by atoms with Crippen LogP contribution in [0.4, 0.5) is 0 Å². The average Bonchev–Trinajstić information content (AvgIpc) is 2.54. The van der Waals surface area contributed by atoms with Crippen molar-refractivity contribution >= 4 is 35.0 Å². The van der Waals surface area contributed by atoms with Crippen LogP contribution in [0.1, 0.15) is 11.1 Å². The maximum Gasteiger partial charge on any atom is 0.189 e. The molecule has 0 saturated carbocycles. The Morgan fingerprint density at radius 1 is 0.957 bits per heavy atom. The number of aryl methyl sites for hydroxylation is 1. The van der Waals surface area contributed by atoms with Crippen molar-refractivity contribution in [3.05, 3.63) is 75.9 Å². The molecule has 0 aliphatic rings. The van der Waals surface area contributed by atoms with E-state index in [4.69, 9.17) is 23.2 Å². The highest BCUT2D eigenvalue weighted by Gasteiger charge is 2.08. The number of aromatic nitrogens is 2. The molecule has 0 saturated heterocycles. The summed E-state index contributed by atoms with van der Waals surface area (Å²) in [6.07, 6.45) is 0. The Morgan fingerprint density at radius 3 is 2.43 bits per heavy atom. The maximum atomic E-state index is 6.18. The number of hydrogen-bond acceptors (Lipinski definition) is 3. The predicted octanol–water partition coefficient (Wildman–Crippen LogP) is 6.05. The Kier molecular flexibility index (Phi) is 5.21. The number of benzene rings is 2. The summed E-state index contributed by atoms with van der Waals surface area (Å²) in [7, 11) is 0. The second kappa shape index (κ2) is 7.35. The number of rotatable bonds is 4. The van der Waals surface area contributed by atoms with Crippen molar-refractivity contribution in [1.82, 2.24) is 9.97 Å². The molecule has 1 aromatic heterocycles. The zero-order valence-electron chi connectivity index (χ0n) is 12.5. The van der Waals surface area contributed by atoms with Crippen molar-refractivity contribution in [2.75, 3.05) is 0 Å². The third kappa shape index (κ3) is 4.25. The molecular formula is C18H14Cl2N2S. The van der Waals surface area contributed by atoms with Gasteiger partial charge in [-0.1, -0.05) is 83.0 Å². The first-order chi connectivity index (χ1) is 11.1. The van der Waals surface area contributed by atoms with E-state index in [1.165, 1.54) is 17.3 Å². The second-order valence-electron chi connectivity index (χ2n) is 5.10. The van der Waals surface area contributed by atoms with Crippen LogP contribution in [0.25, 0.3) is 11.3 Å². The molecule has 1 heterocycles. The Bertz CT molecular complexity index is 820. The standard InChI is InChI=1S/C18H14Cl2N2S/c1-12-6-8-13(9-7-12)16-10-17(20)22-18(21-16)23-11-14-4-2-3-5-15(14)19/h2-10H,11H2,1H3. The molecule has 0 bridgehead atoms. The van der Waals surface area contributed by atoms with Gasteiger partial charge in [-0.15, -0.1) is 0 Å². The molecule has 116 valence electrons. The first-order valence-corrected chi connectivity index (χ1v) is 8.84. The minimum atomic E-state index is 0.442. The highest BCUT2D eigenvalue weighted by Crippen LogP contribution is 2.28. The number of thioether (sulfide) groups is 1. The van der Waals surface area contributed by atoms with Crippen molar-refractivity contribution in [3.8, 4) is 11.3 Å². The topological polar surface area (TPSA) is 25.8 Å². The van der Waals surface area contributed by atoms with E-state index in [1.54, 1.807) is 6.07 Å². The second-order valence-corrected chi connectivity index (χ2v) is 6.84. The van der Waals surface area contributed by atoms with Gasteiger partial charge in [-0.05, 0) is 18.6 Å². The average molecular weight is 361 g/mol. The van der Waals surface area contributed by atoms with Gasteiger partial charge < -0.3 is 0 Å². The summed E-state index contributed by atoms with van der Waals surface area (Å²) in [6, 6.07) is 17.7. The smallest absolute Gasteiger partial charge is 0.189 e. The van der Waals surface area contributed by atoms with Crippen LogP contribution in [-0.4, -0.2) is 9.97 Å². The zero-order valence-corrected chi connectivity index (χ0v) is 14.8. The fourth-order valence-electron chi connectivity index (χ4n) is 2.09. The molecule has 3 rings (SSSR count). The lowest BCUT2D eigenvalue weighted by Gasteiger charge is -2.06. The van der Waals surface area contributed by atoms with E-state index < -0.39 is 0 Å². The lowest BCUT2D eigenvalue weighted by atomic mass is 10.1. The molecule has 0 aliphatic carbocycles. The quantitative estimate of drug-likeness (QED) is 0.321. The van der Waals surface area contributed by atoms with E-state index in [-0.39, 0.29) is 0 Å². The largest absolute Gasteiger partial charge is 0.222 e. The minimum Gasteiger partial charge on any atom is -0.222 e. The molecule has 2 aromatic carbocycles. The van der Waals surface area contributed by atoms with Gasteiger partial charge in [0.25, 0.3) is 0 Å². The molecular weight excluding hydrogens is 347 g/mol. The fraction of sp³-hybridized carbons (Fsp3) is 0.111. The van der Waals surface area contributed by atoms with Gasteiger partial charge in [0, 0.05) is 22.4 Å². The van der Waals surface area contributed by atoms with Crippen molar-refractivity contribution in [2.45, 2.75) is 17.8 Å². The van der Waals surface area contributed by atoms with E-state index in [9.17, 15) is 0 Å². The SMILES string of the molecule is Cc1ccc(-c2cc(Cl)nc(SCc3ccccc3Cl)n2)cc1. The Balaban J connectivity index is 1.83. The fourth-order valence-corrected chi connectivity index (χ4v) is 3.47. The number of halogens is 2. The van der Waals surface area contributed by atoms with E-state index in [1.807, 2.05) is 36.4 Å². The first-order valence-electron chi connectivity index (χ1n) is 7.09. The van der Waals surface area contributed by atoms with Crippen molar-refractivity contribution in [3.63, 3.8) is 0 Å². The van der Waals surface area contributed by atoms with Gasteiger partial charge in [-0.2, -0.15) is 0 Å². The van der Waals surface area contributed by atoms with E-state index in [0.29, 0.717) is 16.1 Å². The van der Waals surface area contributed by atoms with Crippen LogP contribution in [0, 0.1) is 6.92 Å². The molecule has 0 atom stereocenters. The summed E-state index contributed by atoms with van der Waals surface area (Å²) >= 11 is 13.9. The van der Waals surface area contributed by atoms with Gasteiger partial charge in [-0.3, -0.25) is 0 Å². The summed E-state index contributed by atoms with van der Waals surface area (Å²) in [5, 5.41) is 1.84. The summed E-state index contributed by atoms with van der Waals surface area (Å²) in [6.45, 7) is 2.06. The Morgan fingerprint density at radius 2 is 1.70 bits per heavy atom. The van der Waals surface area contributed by atoms with E-state index in [0.717, 1.165) is 21.8 Å². The van der Waals surface area contributed by atoms with Gasteiger partial charge in [0.15, 0.2) is 5.16 Å². The normalized spacial score (nSPS) is 10.7. The van der Waals surface area contributed by atoms with Crippen molar-refractivity contribution in [1.29, 1.82) is 0 Å². The third-order valence-corrected chi connectivity index (χ3v) is 4.79. The van der Waals surface area contributed by atoms with Crippen LogP contribution >= 0.6 is 35.0 Å². The van der Waals surface area contributed by atoms with Gasteiger partial charge in [0.05, 0.1) is 5.69 Å². The summed E-state index contributed by atoms with van der Waals surface area (Å²) < 4.78 is 0. The third-order valence-electron chi connectivity index (χ3n) is 3.34. The van der Waals surface area contributed by atoms with Gasteiger partial charge in [0.1, 0.15) is 5.15 Å². The maximum absolute atomic E-state index is 6.18. The highest BCUT2D eigenvalue weighted by atomic mass is 35.5.